The Morgan fingerprint density at radius 2 is 2.06 bits per heavy atom. The number of amides is 1. The highest BCUT2D eigenvalue weighted by Crippen LogP contribution is 2.24. The first-order valence-electron chi connectivity index (χ1n) is 5.41. The molecule has 0 saturated heterocycles. The molecule has 18 heavy (non-hydrogen) atoms. The molecule has 1 heterocycles. The fourth-order valence-electron chi connectivity index (χ4n) is 1.66. The Morgan fingerprint density at radius 3 is 2.61 bits per heavy atom. The normalized spacial score (nSPS) is 10.4. The van der Waals surface area contributed by atoms with E-state index in [4.69, 9.17) is 10.2 Å². The fraction of sp³-hybridized carbons (Fsp3) is 0.154. The zero-order valence-corrected chi connectivity index (χ0v) is 11.7. The number of benzene rings is 1. The largest absolute Gasteiger partial charge is 0.466 e. The van der Waals surface area contributed by atoms with Crippen LogP contribution >= 0.6 is 15.9 Å². The van der Waals surface area contributed by atoms with Gasteiger partial charge in [0.05, 0.1) is 5.56 Å². The van der Waals surface area contributed by atoms with Crippen molar-refractivity contribution in [1.29, 1.82) is 0 Å². The molecule has 0 spiro atoms. The highest BCUT2D eigenvalue weighted by atomic mass is 79.9. The number of nitrogens with one attached hydrogen (secondary N) is 1. The monoisotopic (exact) mass is 308 g/mol. The van der Waals surface area contributed by atoms with Gasteiger partial charge in [0.1, 0.15) is 11.5 Å². The topological polar surface area (TPSA) is 68.3 Å². The molecule has 2 rings (SSSR count). The van der Waals surface area contributed by atoms with Gasteiger partial charge in [-0.05, 0) is 54.0 Å². The van der Waals surface area contributed by atoms with E-state index in [1.807, 2.05) is 6.92 Å². The first-order chi connectivity index (χ1) is 8.47. The Labute approximate surface area is 113 Å². The highest BCUT2D eigenvalue weighted by molar-refractivity contribution is 9.10. The number of hydrogen-bond acceptors (Lipinski definition) is 3. The molecule has 0 aliphatic carbocycles. The first kappa shape index (κ1) is 12.7. The van der Waals surface area contributed by atoms with Gasteiger partial charge in [-0.2, -0.15) is 0 Å². The predicted octanol–water partition coefficient (Wildman–Crippen LogP) is 3.49. The summed E-state index contributed by atoms with van der Waals surface area (Å²) in [5, 5.41) is 2.80. The van der Waals surface area contributed by atoms with E-state index < -0.39 is 0 Å². The lowest BCUT2D eigenvalue weighted by Gasteiger charge is -2.06. The van der Waals surface area contributed by atoms with Crippen molar-refractivity contribution in [3.63, 3.8) is 0 Å². The van der Waals surface area contributed by atoms with E-state index in [0.29, 0.717) is 22.7 Å². The molecule has 1 aromatic carbocycles. The summed E-state index contributed by atoms with van der Waals surface area (Å²) in [5.41, 5.74) is 7.53. The lowest BCUT2D eigenvalue weighted by atomic mass is 10.2. The van der Waals surface area contributed by atoms with E-state index in [9.17, 15) is 4.79 Å². The van der Waals surface area contributed by atoms with E-state index in [0.717, 1.165) is 10.2 Å². The second-order valence-corrected chi connectivity index (χ2v) is 4.87. The van der Waals surface area contributed by atoms with Crippen LogP contribution in [0.3, 0.4) is 0 Å². The second-order valence-electron chi connectivity index (χ2n) is 4.02. The van der Waals surface area contributed by atoms with Crippen LogP contribution in [-0.4, -0.2) is 5.91 Å². The SMILES string of the molecule is Cc1cc(C(=O)Nc2ccc(N)c(Br)c2)c(C)o1. The van der Waals surface area contributed by atoms with Crippen molar-refractivity contribution in [2.24, 2.45) is 0 Å². The molecule has 0 radical (unpaired) electrons. The summed E-state index contributed by atoms with van der Waals surface area (Å²) in [6.07, 6.45) is 0. The number of furan rings is 1. The fourth-order valence-corrected chi connectivity index (χ4v) is 2.04. The number of rotatable bonds is 2. The molecule has 2 aromatic rings. The molecule has 0 aliphatic rings. The number of carbonyl (C=O) groups is 1. The Bertz CT molecular complexity index is 605. The van der Waals surface area contributed by atoms with Gasteiger partial charge >= 0.3 is 0 Å². The Kier molecular flexibility index (Phi) is 3.43. The maximum absolute atomic E-state index is 12.0. The van der Waals surface area contributed by atoms with E-state index >= 15 is 0 Å². The number of carbonyl (C=O) groups excluding carboxylic acids is 1. The third-order valence-electron chi connectivity index (χ3n) is 2.54. The highest BCUT2D eigenvalue weighted by Gasteiger charge is 2.13. The lowest BCUT2D eigenvalue weighted by Crippen LogP contribution is -2.12. The van der Waals surface area contributed by atoms with Crippen LogP contribution in [0.1, 0.15) is 21.9 Å². The van der Waals surface area contributed by atoms with Gasteiger partial charge in [0.25, 0.3) is 5.91 Å². The van der Waals surface area contributed by atoms with E-state index in [1.165, 1.54) is 0 Å². The number of hydrogen-bond donors (Lipinski definition) is 2. The van der Waals surface area contributed by atoms with Crippen LogP contribution in [0.5, 0.6) is 0 Å². The summed E-state index contributed by atoms with van der Waals surface area (Å²) in [6.45, 7) is 3.57. The van der Waals surface area contributed by atoms with Gasteiger partial charge in [0.2, 0.25) is 0 Å². The van der Waals surface area contributed by atoms with Gasteiger partial charge in [-0.3, -0.25) is 4.79 Å². The lowest BCUT2D eigenvalue weighted by molar-refractivity contribution is 0.102. The van der Waals surface area contributed by atoms with Crippen molar-refractivity contribution in [2.45, 2.75) is 13.8 Å². The zero-order chi connectivity index (χ0) is 13.3. The van der Waals surface area contributed by atoms with Crippen LogP contribution in [0, 0.1) is 13.8 Å². The van der Waals surface area contributed by atoms with Crippen molar-refractivity contribution in [3.8, 4) is 0 Å². The second kappa shape index (κ2) is 4.86. The van der Waals surface area contributed by atoms with Gasteiger partial charge in [-0.15, -0.1) is 0 Å². The minimum Gasteiger partial charge on any atom is -0.466 e. The summed E-state index contributed by atoms with van der Waals surface area (Å²) in [7, 11) is 0. The van der Waals surface area contributed by atoms with Crippen LogP contribution < -0.4 is 11.1 Å². The van der Waals surface area contributed by atoms with Gasteiger partial charge in [-0.25, -0.2) is 0 Å². The Balaban J connectivity index is 2.21. The van der Waals surface area contributed by atoms with Gasteiger partial charge in [0.15, 0.2) is 0 Å². The molecular weight excluding hydrogens is 296 g/mol. The standard InChI is InChI=1S/C13H13BrN2O2/c1-7-5-10(8(2)18-7)13(17)16-9-3-4-12(15)11(14)6-9/h3-6H,15H2,1-2H3,(H,16,17). The summed E-state index contributed by atoms with van der Waals surface area (Å²) in [4.78, 5) is 12.0. The molecule has 0 unspecified atom stereocenters. The average molecular weight is 309 g/mol. The van der Waals surface area contributed by atoms with Crippen molar-refractivity contribution in [2.75, 3.05) is 11.1 Å². The van der Waals surface area contributed by atoms with Gasteiger partial charge in [0, 0.05) is 15.8 Å². The maximum Gasteiger partial charge on any atom is 0.259 e. The predicted molar refractivity (Wildman–Crippen MR) is 74.7 cm³/mol. The molecule has 3 N–H and O–H groups in total. The van der Waals surface area contributed by atoms with Crippen molar-refractivity contribution >= 4 is 33.2 Å². The minimum absolute atomic E-state index is 0.193. The number of aryl methyl sites for hydroxylation is 2. The van der Waals surface area contributed by atoms with Gasteiger partial charge in [-0.1, -0.05) is 0 Å². The summed E-state index contributed by atoms with van der Waals surface area (Å²) >= 11 is 3.32. The van der Waals surface area contributed by atoms with Crippen molar-refractivity contribution < 1.29 is 9.21 Å². The van der Waals surface area contributed by atoms with Crippen molar-refractivity contribution in [3.05, 3.63) is 45.8 Å². The van der Waals surface area contributed by atoms with Crippen LogP contribution in [0.2, 0.25) is 0 Å². The third kappa shape index (κ3) is 2.56. The molecule has 1 aromatic heterocycles. The Morgan fingerprint density at radius 1 is 1.33 bits per heavy atom. The molecule has 0 bridgehead atoms. The first-order valence-corrected chi connectivity index (χ1v) is 6.20. The quantitative estimate of drug-likeness (QED) is 0.834. The maximum atomic E-state index is 12.0. The van der Waals surface area contributed by atoms with E-state index in [2.05, 4.69) is 21.2 Å². The molecule has 5 heteroatoms. The third-order valence-corrected chi connectivity index (χ3v) is 3.23. The smallest absolute Gasteiger partial charge is 0.259 e. The van der Waals surface area contributed by atoms with E-state index in [1.54, 1.807) is 31.2 Å². The molecular formula is C13H13BrN2O2. The zero-order valence-electron chi connectivity index (χ0n) is 10.1. The molecule has 94 valence electrons. The number of nitrogen functional groups attached to an aromatic ring is 1. The van der Waals surface area contributed by atoms with Crippen molar-refractivity contribution in [1.82, 2.24) is 0 Å². The molecule has 4 nitrogen and oxygen atoms in total. The molecule has 1 amide bonds. The molecule has 0 atom stereocenters. The summed E-state index contributed by atoms with van der Waals surface area (Å²) < 4.78 is 6.08. The molecule has 0 fully saturated rings. The minimum atomic E-state index is -0.193. The number of anilines is 2. The number of nitrogens with two attached hydrogens (primary N) is 1. The Hall–Kier alpha value is -1.75. The molecule has 0 saturated carbocycles. The van der Waals surface area contributed by atoms with Crippen LogP contribution in [0.4, 0.5) is 11.4 Å². The van der Waals surface area contributed by atoms with Crippen LogP contribution in [0.15, 0.2) is 33.2 Å². The summed E-state index contributed by atoms with van der Waals surface area (Å²) in [5.74, 6) is 1.14. The van der Waals surface area contributed by atoms with Crippen LogP contribution in [0.25, 0.3) is 0 Å². The molecule has 0 aliphatic heterocycles. The van der Waals surface area contributed by atoms with Gasteiger partial charge < -0.3 is 15.5 Å². The van der Waals surface area contributed by atoms with E-state index in [-0.39, 0.29) is 5.91 Å². The van der Waals surface area contributed by atoms with Crippen LogP contribution in [-0.2, 0) is 0 Å². The summed E-state index contributed by atoms with van der Waals surface area (Å²) in [6, 6.07) is 6.96. The number of halogens is 1. The average Bonchev–Trinajstić information content (AvgIpc) is 2.63.